The number of rotatable bonds is 6. The highest BCUT2D eigenvalue weighted by Gasteiger charge is 2.56. The van der Waals surface area contributed by atoms with Crippen LogP contribution >= 0.6 is 0 Å². The molecule has 0 aromatic carbocycles. The Morgan fingerprint density at radius 1 is 0.952 bits per heavy atom. The summed E-state index contributed by atoms with van der Waals surface area (Å²) in [6.45, 7) is 1.74. The highest BCUT2D eigenvalue weighted by Crippen LogP contribution is 2.21. The van der Waals surface area contributed by atoms with Crippen LogP contribution in [0, 0.1) is 0 Å². The van der Waals surface area contributed by atoms with Gasteiger partial charge in [-0.15, -0.1) is 4.48 Å². The molecule has 0 saturated carbocycles. The molecule has 3 amide bonds. The number of hydrogen-bond donors (Lipinski definition) is 4. The lowest BCUT2D eigenvalue weighted by Crippen LogP contribution is -2.70. The predicted octanol–water partition coefficient (Wildman–Crippen LogP) is -2.91. The van der Waals surface area contributed by atoms with Crippen molar-refractivity contribution in [3.05, 3.63) is 0 Å². The summed E-state index contributed by atoms with van der Waals surface area (Å²) in [6.07, 6.45) is -5.96. The van der Waals surface area contributed by atoms with E-state index >= 15 is 0 Å². The zero-order valence-corrected chi connectivity index (χ0v) is 12.0. The van der Waals surface area contributed by atoms with Crippen molar-refractivity contribution in [2.75, 3.05) is 6.61 Å². The second-order valence-corrected chi connectivity index (χ2v) is 4.64. The SMILES string of the molecule is CC(=O)[N+](C(C)=O)(C(C)=O)[C@@H](C=O)[C@@H](O)[C@@H](O)[C@H](O)CO. The molecule has 0 aromatic heterocycles. The Labute approximate surface area is 121 Å². The van der Waals surface area contributed by atoms with Crippen LogP contribution in [0.15, 0.2) is 0 Å². The van der Waals surface area contributed by atoms with Crippen molar-refractivity contribution in [1.29, 1.82) is 0 Å². The van der Waals surface area contributed by atoms with Gasteiger partial charge in [0.25, 0.3) is 0 Å². The van der Waals surface area contributed by atoms with E-state index in [0.717, 1.165) is 20.8 Å². The van der Waals surface area contributed by atoms with Crippen LogP contribution in [0.25, 0.3) is 0 Å². The van der Waals surface area contributed by atoms with Gasteiger partial charge in [0.1, 0.15) is 18.3 Å². The van der Waals surface area contributed by atoms with Gasteiger partial charge in [-0.25, -0.2) is 14.4 Å². The Balaban J connectivity index is 5.96. The number of amides is 3. The van der Waals surface area contributed by atoms with Crippen LogP contribution in [0.3, 0.4) is 0 Å². The number of quaternary nitrogens is 1. The first-order valence-electron chi connectivity index (χ1n) is 6.11. The molecule has 0 fully saturated rings. The largest absolute Gasteiger partial charge is 0.394 e. The fourth-order valence-electron chi connectivity index (χ4n) is 2.23. The summed E-state index contributed by atoms with van der Waals surface area (Å²) in [7, 11) is 0. The Bertz CT molecular complexity index is 399. The van der Waals surface area contributed by atoms with E-state index in [2.05, 4.69) is 0 Å². The summed E-state index contributed by atoms with van der Waals surface area (Å²) in [5, 5.41) is 37.6. The van der Waals surface area contributed by atoms with E-state index < -0.39 is 53.2 Å². The summed E-state index contributed by atoms with van der Waals surface area (Å²) >= 11 is 0. The standard InChI is InChI=1S/C12H20NO8/c1-6(16)13(7(2)17,8(3)18)9(4-14)11(20)12(21)10(19)5-15/h4,9-12,15,19-21H,5H2,1-3H3/q+1/t9-,10+,11+,12-/m0/s1. The van der Waals surface area contributed by atoms with E-state index in [1.165, 1.54) is 0 Å². The van der Waals surface area contributed by atoms with Crippen molar-refractivity contribution >= 4 is 24.0 Å². The first-order chi connectivity index (χ1) is 9.58. The molecule has 9 nitrogen and oxygen atoms in total. The van der Waals surface area contributed by atoms with E-state index in [-0.39, 0.29) is 6.29 Å². The number of hydrogen-bond acceptors (Lipinski definition) is 8. The third-order valence-corrected chi connectivity index (χ3v) is 3.36. The van der Waals surface area contributed by atoms with E-state index in [9.17, 15) is 34.5 Å². The molecule has 0 rings (SSSR count). The molecule has 9 heteroatoms. The van der Waals surface area contributed by atoms with Crippen LogP contribution in [0.2, 0.25) is 0 Å². The number of aldehydes is 1. The topological polar surface area (TPSA) is 149 Å². The predicted molar refractivity (Wildman–Crippen MR) is 67.3 cm³/mol. The van der Waals surface area contributed by atoms with Crippen LogP contribution in [0.5, 0.6) is 0 Å². The number of carbonyl (C=O) groups is 4. The molecule has 21 heavy (non-hydrogen) atoms. The summed E-state index contributed by atoms with van der Waals surface area (Å²) in [5.74, 6) is -3.05. The van der Waals surface area contributed by atoms with E-state index in [1.54, 1.807) is 0 Å². The number of aliphatic hydroxyl groups excluding tert-OH is 4. The molecule has 0 heterocycles. The van der Waals surface area contributed by atoms with Gasteiger partial charge in [-0.05, 0) is 0 Å². The fourth-order valence-corrected chi connectivity index (χ4v) is 2.23. The highest BCUT2D eigenvalue weighted by atomic mass is 16.4. The van der Waals surface area contributed by atoms with Crippen LogP contribution in [-0.2, 0) is 19.2 Å². The first-order valence-corrected chi connectivity index (χ1v) is 6.11. The minimum Gasteiger partial charge on any atom is -0.394 e. The highest BCUT2D eigenvalue weighted by molar-refractivity contribution is 5.97. The van der Waals surface area contributed by atoms with Crippen LogP contribution in [0.4, 0.5) is 0 Å². The lowest BCUT2D eigenvalue weighted by atomic mass is 9.98. The van der Waals surface area contributed by atoms with Crippen molar-refractivity contribution in [2.24, 2.45) is 0 Å². The van der Waals surface area contributed by atoms with Crippen LogP contribution in [0.1, 0.15) is 20.8 Å². The number of imide groups is 3. The second kappa shape index (κ2) is 7.48. The Morgan fingerprint density at radius 3 is 1.57 bits per heavy atom. The molecule has 0 aliphatic heterocycles. The van der Waals surface area contributed by atoms with E-state index in [0.29, 0.717) is 0 Å². The van der Waals surface area contributed by atoms with Crippen molar-refractivity contribution < 1.29 is 44.1 Å². The summed E-state index contributed by atoms with van der Waals surface area (Å²) in [6, 6.07) is -1.94. The molecule has 4 N–H and O–H groups in total. The minimum atomic E-state index is -2.11. The average Bonchev–Trinajstić information content (AvgIpc) is 2.40. The Morgan fingerprint density at radius 2 is 1.33 bits per heavy atom. The molecule has 0 saturated heterocycles. The molecule has 0 aliphatic rings. The molecule has 0 aromatic rings. The van der Waals surface area contributed by atoms with Gasteiger partial charge in [0.15, 0.2) is 12.3 Å². The molecule has 0 aliphatic carbocycles. The van der Waals surface area contributed by atoms with E-state index in [1.807, 2.05) is 0 Å². The average molecular weight is 306 g/mol. The zero-order chi connectivity index (χ0) is 17.0. The summed E-state index contributed by atoms with van der Waals surface area (Å²) in [4.78, 5) is 46.6. The molecule has 0 bridgehead atoms. The van der Waals surface area contributed by atoms with Gasteiger partial charge < -0.3 is 20.4 Å². The first kappa shape index (κ1) is 19.5. The van der Waals surface area contributed by atoms with Gasteiger partial charge in [-0.3, -0.25) is 4.79 Å². The Hall–Kier alpha value is -1.52. The maximum atomic E-state index is 11.8. The van der Waals surface area contributed by atoms with Crippen molar-refractivity contribution in [2.45, 2.75) is 45.1 Å². The number of carbonyl (C=O) groups excluding carboxylic acids is 4. The lowest BCUT2D eigenvalue weighted by molar-refractivity contribution is -0.724. The maximum Gasteiger partial charge on any atom is 0.326 e. The van der Waals surface area contributed by atoms with E-state index in [4.69, 9.17) is 5.11 Å². The van der Waals surface area contributed by atoms with Gasteiger partial charge >= 0.3 is 17.7 Å². The lowest BCUT2D eigenvalue weighted by Gasteiger charge is -2.36. The normalized spacial score (nSPS) is 17.5. The van der Waals surface area contributed by atoms with Crippen molar-refractivity contribution in [3.8, 4) is 0 Å². The van der Waals surface area contributed by atoms with Crippen LogP contribution < -0.4 is 0 Å². The smallest absolute Gasteiger partial charge is 0.326 e. The number of nitrogens with zero attached hydrogens (tertiary/aromatic N) is 1. The van der Waals surface area contributed by atoms with Gasteiger partial charge in [-0.1, -0.05) is 0 Å². The molecule has 120 valence electrons. The Kier molecular flexibility index (Phi) is 6.94. The quantitative estimate of drug-likeness (QED) is 0.301. The minimum absolute atomic E-state index is 0.0117. The monoisotopic (exact) mass is 306 g/mol. The van der Waals surface area contributed by atoms with Crippen molar-refractivity contribution in [3.63, 3.8) is 0 Å². The van der Waals surface area contributed by atoms with Gasteiger partial charge in [0, 0.05) is 0 Å². The summed E-state index contributed by atoms with van der Waals surface area (Å²) in [5.41, 5.74) is 0. The third kappa shape index (κ3) is 3.39. The van der Waals surface area contributed by atoms with Gasteiger partial charge in [-0.2, -0.15) is 0 Å². The second-order valence-electron chi connectivity index (χ2n) is 4.64. The van der Waals surface area contributed by atoms with Gasteiger partial charge in [0.2, 0.25) is 0 Å². The molecular formula is C12H20NO8+. The van der Waals surface area contributed by atoms with Crippen molar-refractivity contribution in [1.82, 2.24) is 0 Å². The summed E-state index contributed by atoms with van der Waals surface area (Å²) < 4.78 is -1.63. The van der Waals surface area contributed by atoms with Crippen LogP contribution in [-0.4, -0.2) is 79.9 Å². The maximum absolute atomic E-state index is 11.8. The molecular weight excluding hydrogens is 286 g/mol. The third-order valence-electron chi connectivity index (χ3n) is 3.36. The fraction of sp³-hybridized carbons (Fsp3) is 0.667. The number of aliphatic hydroxyl groups is 4. The molecule has 4 atom stereocenters. The van der Waals surface area contributed by atoms with Gasteiger partial charge in [0.05, 0.1) is 27.4 Å². The zero-order valence-electron chi connectivity index (χ0n) is 12.0. The molecule has 0 spiro atoms. The molecule has 0 radical (unpaired) electrons. The molecule has 0 unspecified atom stereocenters.